The maximum Gasteiger partial charge on any atom is 0.314 e. The summed E-state index contributed by atoms with van der Waals surface area (Å²) in [6, 6.07) is 11.8. The molecule has 4 nitrogen and oxygen atoms in total. The lowest BCUT2D eigenvalue weighted by molar-refractivity contribution is -0.141. The first-order valence-electron chi connectivity index (χ1n) is 7.83. The van der Waals surface area contributed by atoms with Crippen LogP contribution in [0.15, 0.2) is 48.5 Å². The molecule has 1 fully saturated rings. The lowest BCUT2D eigenvalue weighted by Crippen LogP contribution is -2.27. The monoisotopic (exact) mass is 328 g/mol. The van der Waals surface area contributed by atoms with Crippen LogP contribution in [-0.4, -0.2) is 25.0 Å². The van der Waals surface area contributed by atoms with Crippen LogP contribution in [0.4, 0.5) is 4.39 Å². The first-order chi connectivity index (χ1) is 11.6. The molecule has 0 amide bonds. The van der Waals surface area contributed by atoms with Crippen molar-refractivity contribution in [2.75, 3.05) is 13.2 Å². The number of carbonyl (C=O) groups is 2. The fourth-order valence-corrected chi connectivity index (χ4v) is 2.58. The van der Waals surface area contributed by atoms with Crippen LogP contribution in [0.3, 0.4) is 0 Å². The van der Waals surface area contributed by atoms with Gasteiger partial charge in [-0.2, -0.15) is 0 Å². The number of benzene rings is 2. The Morgan fingerprint density at radius 2 is 1.46 bits per heavy atom. The Kier molecular flexibility index (Phi) is 5.01. The summed E-state index contributed by atoms with van der Waals surface area (Å²) in [6.45, 7) is 1.15. The molecule has 0 aliphatic carbocycles. The summed E-state index contributed by atoms with van der Waals surface area (Å²) < 4.78 is 23.5. The molecule has 0 bridgehead atoms. The SMILES string of the molecule is O=C(c1ccc(F)cc1)c1ccc(OC(=O)C2CCOCC2)cc1. The summed E-state index contributed by atoms with van der Waals surface area (Å²) in [4.78, 5) is 24.4. The minimum Gasteiger partial charge on any atom is -0.426 e. The topological polar surface area (TPSA) is 52.6 Å². The number of ether oxygens (including phenoxy) is 2. The Bertz CT molecular complexity index is 716. The van der Waals surface area contributed by atoms with Crippen molar-refractivity contribution in [2.45, 2.75) is 12.8 Å². The minimum absolute atomic E-state index is 0.140. The van der Waals surface area contributed by atoms with Gasteiger partial charge in [0, 0.05) is 24.3 Å². The van der Waals surface area contributed by atoms with Gasteiger partial charge in [0.1, 0.15) is 11.6 Å². The highest BCUT2D eigenvalue weighted by atomic mass is 19.1. The fraction of sp³-hybridized carbons (Fsp3) is 0.263. The summed E-state index contributed by atoms with van der Waals surface area (Å²) in [5.74, 6) is -0.600. The van der Waals surface area contributed by atoms with Gasteiger partial charge in [-0.25, -0.2) is 4.39 Å². The van der Waals surface area contributed by atoms with Crippen LogP contribution in [0.5, 0.6) is 5.75 Å². The van der Waals surface area contributed by atoms with E-state index in [-0.39, 0.29) is 23.5 Å². The number of ketones is 1. The summed E-state index contributed by atoms with van der Waals surface area (Å²) in [5, 5.41) is 0. The third kappa shape index (κ3) is 3.86. The second-order valence-corrected chi connectivity index (χ2v) is 5.67. The molecule has 1 aliphatic heterocycles. The van der Waals surface area contributed by atoms with Crippen LogP contribution in [0, 0.1) is 11.7 Å². The van der Waals surface area contributed by atoms with Crippen molar-refractivity contribution in [1.29, 1.82) is 0 Å². The van der Waals surface area contributed by atoms with E-state index in [2.05, 4.69) is 0 Å². The normalized spacial score (nSPS) is 15.0. The minimum atomic E-state index is -0.387. The van der Waals surface area contributed by atoms with Crippen LogP contribution < -0.4 is 4.74 Å². The number of hydrogen-bond donors (Lipinski definition) is 0. The molecule has 5 heteroatoms. The second kappa shape index (κ2) is 7.36. The third-order valence-electron chi connectivity index (χ3n) is 4.00. The van der Waals surface area contributed by atoms with E-state index in [9.17, 15) is 14.0 Å². The quantitative estimate of drug-likeness (QED) is 0.490. The highest BCUT2D eigenvalue weighted by molar-refractivity contribution is 6.09. The molecule has 124 valence electrons. The largest absolute Gasteiger partial charge is 0.426 e. The molecule has 2 aromatic rings. The van der Waals surface area contributed by atoms with Crippen LogP contribution in [0.2, 0.25) is 0 Å². The second-order valence-electron chi connectivity index (χ2n) is 5.67. The Morgan fingerprint density at radius 1 is 0.917 bits per heavy atom. The van der Waals surface area contributed by atoms with Gasteiger partial charge in [-0.3, -0.25) is 9.59 Å². The lowest BCUT2D eigenvalue weighted by Gasteiger charge is -2.20. The third-order valence-corrected chi connectivity index (χ3v) is 4.00. The van der Waals surface area contributed by atoms with Crippen molar-refractivity contribution in [1.82, 2.24) is 0 Å². The molecule has 24 heavy (non-hydrogen) atoms. The molecule has 0 spiro atoms. The maximum atomic E-state index is 12.9. The van der Waals surface area contributed by atoms with E-state index < -0.39 is 0 Å². The van der Waals surface area contributed by atoms with Gasteiger partial charge in [-0.05, 0) is 61.4 Å². The van der Waals surface area contributed by atoms with Crippen LogP contribution >= 0.6 is 0 Å². The van der Waals surface area contributed by atoms with E-state index in [1.165, 1.54) is 24.3 Å². The van der Waals surface area contributed by atoms with Gasteiger partial charge in [0.05, 0.1) is 5.92 Å². The van der Waals surface area contributed by atoms with Crippen LogP contribution in [0.25, 0.3) is 0 Å². The molecule has 0 saturated carbocycles. The van der Waals surface area contributed by atoms with Gasteiger partial charge in [-0.15, -0.1) is 0 Å². The van der Waals surface area contributed by atoms with Crippen LogP contribution in [0.1, 0.15) is 28.8 Å². The fourth-order valence-electron chi connectivity index (χ4n) is 2.58. The summed E-state index contributed by atoms with van der Waals surface area (Å²) >= 11 is 0. The zero-order chi connectivity index (χ0) is 16.9. The zero-order valence-electron chi connectivity index (χ0n) is 13.0. The molecule has 1 heterocycles. The predicted molar refractivity (Wildman–Crippen MR) is 85.5 cm³/mol. The summed E-state index contributed by atoms with van der Waals surface area (Å²) in [7, 11) is 0. The molecular formula is C19H17FO4. The summed E-state index contributed by atoms with van der Waals surface area (Å²) in [6.07, 6.45) is 1.33. The van der Waals surface area contributed by atoms with Crippen LogP contribution in [-0.2, 0) is 9.53 Å². The lowest BCUT2D eigenvalue weighted by atomic mass is 10.0. The molecule has 0 N–H and O–H groups in total. The van der Waals surface area contributed by atoms with E-state index in [4.69, 9.17) is 9.47 Å². The Balaban J connectivity index is 1.65. The molecule has 0 unspecified atom stereocenters. The highest BCUT2D eigenvalue weighted by Crippen LogP contribution is 2.20. The standard InChI is InChI=1S/C19H17FO4/c20-16-5-1-13(2-6-16)18(21)14-3-7-17(8-4-14)24-19(22)15-9-11-23-12-10-15/h1-8,15H,9-12H2. The van der Waals surface area contributed by atoms with E-state index >= 15 is 0 Å². The Labute approximate surface area is 139 Å². The molecule has 0 atom stereocenters. The van der Waals surface area contributed by atoms with Gasteiger partial charge in [0.15, 0.2) is 5.78 Å². The number of halogens is 1. The predicted octanol–water partition coefficient (Wildman–Crippen LogP) is 3.39. The molecule has 3 rings (SSSR count). The highest BCUT2D eigenvalue weighted by Gasteiger charge is 2.23. The molecule has 0 radical (unpaired) electrons. The average molecular weight is 328 g/mol. The summed E-state index contributed by atoms with van der Waals surface area (Å²) in [5.41, 5.74) is 0.857. The number of esters is 1. The Hall–Kier alpha value is -2.53. The number of hydrogen-bond acceptors (Lipinski definition) is 4. The van der Waals surface area contributed by atoms with Crippen molar-refractivity contribution in [2.24, 2.45) is 5.92 Å². The molecule has 1 aliphatic rings. The van der Waals surface area contributed by atoms with E-state index in [1.54, 1.807) is 24.3 Å². The smallest absolute Gasteiger partial charge is 0.314 e. The van der Waals surface area contributed by atoms with Crippen molar-refractivity contribution < 1.29 is 23.5 Å². The first kappa shape index (κ1) is 16.3. The van der Waals surface area contributed by atoms with Crippen molar-refractivity contribution in [3.05, 3.63) is 65.5 Å². The van der Waals surface area contributed by atoms with E-state index in [0.29, 0.717) is 42.9 Å². The molecule has 2 aromatic carbocycles. The van der Waals surface area contributed by atoms with E-state index in [1.807, 2.05) is 0 Å². The van der Waals surface area contributed by atoms with Gasteiger partial charge >= 0.3 is 5.97 Å². The molecular weight excluding hydrogens is 311 g/mol. The van der Waals surface area contributed by atoms with Gasteiger partial charge in [-0.1, -0.05) is 0 Å². The Morgan fingerprint density at radius 3 is 2.04 bits per heavy atom. The first-order valence-corrected chi connectivity index (χ1v) is 7.83. The maximum absolute atomic E-state index is 12.9. The average Bonchev–Trinajstić information content (AvgIpc) is 2.63. The van der Waals surface area contributed by atoms with Crippen molar-refractivity contribution in [3.63, 3.8) is 0 Å². The van der Waals surface area contributed by atoms with Gasteiger partial charge in [0.25, 0.3) is 0 Å². The number of rotatable bonds is 4. The van der Waals surface area contributed by atoms with Crippen molar-refractivity contribution in [3.8, 4) is 5.75 Å². The van der Waals surface area contributed by atoms with Crippen molar-refractivity contribution >= 4 is 11.8 Å². The van der Waals surface area contributed by atoms with E-state index in [0.717, 1.165) is 0 Å². The zero-order valence-corrected chi connectivity index (χ0v) is 13.0. The molecule has 1 saturated heterocycles. The molecule has 0 aromatic heterocycles. The van der Waals surface area contributed by atoms with Gasteiger partial charge in [0.2, 0.25) is 0 Å². The van der Waals surface area contributed by atoms with Gasteiger partial charge < -0.3 is 9.47 Å². The number of carbonyl (C=O) groups excluding carboxylic acids is 2.